The van der Waals surface area contributed by atoms with Gasteiger partial charge in [0.1, 0.15) is 5.82 Å². The second kappa shape index (κ2) is 7.75. The molecule has 1 saturated heterocycles. The van der Waals surface area contributed by atoms with Crippen LogP contribution in [0.2, 0.25) is 0 Å². The maximum absolute atomic E-state index is 12.8. The molecule has 128 valence electrons. The number of thioether (sulfide) groups is 1. The molecule has 24 heavy (non-hydrogen) atoms. The molecule has 3 rings (SSSR count). The number of carbonyl (C=O) groups is 1. The van der Waals surface area contributed by atoms with Gasteiger partial charge < -0.3 is 15.2 Å². The van der Waals surface area contributed by atoms with E-state index < -0.39 is 0 Å². The molecule has 2 heterocycles. The first-order valence-electron chi connectivity index (χ1n) is 8.39. The Labute approximate surface area is 147 Å². The minimum Gasteiger partial charge on any atom is -0.347 e. The van der Waals surface area contributed by atoms with E-state index in [9.17, 15) is 4.79 Å². The van der Waals surface area contributed by atoms with Gasteiger partial charge in [-0.25, -0.2) is 9.78 Å². The number of carbonyl (C=O) groups excluding carboxylic acids is 1. The van der Waals surface area contributed by atoms with Gasteiger partial charge in [-0.15, -0.1) is 11.8 Å². The molecule has 1 aromatic heterocycles. The molecule has 0 bridgehead atoms. The maximum Gasteiger partial charge on any atom is 0.318 e. The van der Waals surface area contributed by atoms with Crippen molar-refractivity contribution in [1.29, 1.82) is 0 Å². The van der Waals surface area contributed by atoms with Gasteiger partial charge in [-0.3, -0.25) is 0 Å². The Morgan fingerprint density at radius 3 is 2.83 bits per heavy atom. The number of likely N-dealkylation sites (tertiary alicyclic amines) is 1. The van der Waals surface area contributed by atoms with Gasteiger partial charge in [0.2, 0.25) is 0 Å². The lowest BCUT2D eigenvalue weighted by Gasteiger charge is -2.35. The molecule has 1 aliphatic heterocycles. The highest BCUT2D eigenvalue weighted by atomic mass is 32.2. The van der Waals surface area contributed by atoms with Crippen LogP contribution in [0.25, 0.3) is 0 Å². The largest absolute Gasteiger partial charge is 0.347 e. The third-order valence-electron chi connectivity index (χ3n) is 4.55. The summed E-state index contributed by atoms with van der Waals surface area (Å²) in [6.07, 6.45) is 8.75. The fourth-order valence-electron chi connectivity index (χ4n) is 3.16. The number of H-pyrrole nitrogens is 1. The third-order valence-corrected chi connectivity index (χ3v) is 5.30. The number of amides is 2. The zero-order valence-corrected chi connectivity index (χ0v) is 15.0. The number of rotatable bonds is 4. The molecule has 2 N–H and O–H groups in total. The first-order valence-corrected chi connectivity index (χ1v) is 9.62. The summed E-state index contributed by atoms with van der Waals surface area (Å²) in [7, 11) is 0. The fourth-order valence-corrected chi connectivity index (χ4v) is 3.57. The van der Waals surface area contributed by atoms with Gasteiger partial charge in [-0.2, -0.15) is 0 Å². The number of benzene rings is 1. The van der Waals surface area contributed by atoms with Crippen molar-refractivity contribution in [2.45, 2.75) is 43.2 Å². The van der Waals surface area contributed by atoms with E-state index in [1.807, 2.05) is 18.0 Å². The molecule has 6 heteroatoms. The number of imidazole rings is 1. The highest BCUT2D eigenvalue weighted by Gasteiger charge is 2.30. The van der Waals surface area contributed by atoms with Crippen LogP contribution in [-0.4, -0.2) is 33.7 Å². The minimum atomic E-state index is -0.0208. The van der Waals surface area contributed by atoms with E-state index in [4.69, 9.17) is 0 Å². The number of aromatic amines is 1. The van der Waals surface area contributed by atoms with Crippen molar-refractivity contribution in [2.24, 2.45) is 0 Å². The first kappa shape index (κ1) is 16.9. The van der Waals surface area contributed by atoms with Crippen LogP contribution in [0.4, 0.5) is 4.79 Å². The Bertz CT molecular complexity index is 656. The van der Waals surface area contributed by atoms with Gasteiger partial charge in [0.15, 0.2) is 0 Å². The van der Waals surface area contributed by atoms with E-state index >= 15 is 0 Å². The number of urea groups is 1. The van der Waals surface area contributed by atoms with Crippen LogP contribution in [0.1, 0.15) is 49.7 Å². The van der Waals surface area contributed by atoms with E-state index in [2.05, 4.69) is 45.8 Å². The molecule has 1 fully saturated rings. The van der Waals surface area contributed by atoms with Crippen LogP contribution in [0.5, 0.6) is 0 Å². The molecular formula is C18H24N4OS. The lowest BCUT2D eigenvalue weighted by molar-refractivity contribution is 0.145. The van der Waals surface area contributed by atoms with Crippen LogP contribution >= 0.6 is 11.8 Å². The number of piperidine rings is 1. The van der Waals surface area contributed by atoms with Crippen LogP contribution in [-0.2, 0) is 0 Å². The van der Waals surface area contributed by atoms with Crippen LogP contribution in [0.15, 0.2) is 41.6 Å². The van der Waals surface area contributed by atoms with Crippen molar-refractivity contribution in [3.63, 3.8) is 0 Å². The Balaban J connectivity index is 1.67. The smallest absolute Gasteiger partial charge is 0.318 e. The maximum atomic E-state index is 12.8. The Morgan fingerprint density at radius 1 is 1.38 bits per heavy atom. The molecule has 1 aliphatic rings. The van der Waals surface area contributed by atoms with Crippen molar-refractivity contribution in [3.8, 4) is 0 Å². The summed E-state index contributed by atoms with van der Waals surface area (Å²) < 4.78 is 0. The zero-order chi connectivity index (χ0) is 16.9. The molecule has 5 nitrogen and oxygen atoms in total. The van der Waals surface area contributed by atoms with Crippen molar-refractivity contribution in [1.82, 2.24) is 20.2 Å². The number of nitrogens with one attached hydrogen (secondary N) is 2. The van der Waals surface area contributed by atoms with E-state index in [1.54, 1.807) is 18.0 Å². The normalized spacial score (nSPS) is 19.1. The number of nitrogens with zero attached hydrogens (tertiary/aromatic N) is 2. The molecule has 0 radical (unpaired) electrons. The molecule has 1 aromatic carbocycles. The van der Waals surface area contributed by atoms with Crippen molar-refractivity contribution < 1.29 is 4.79 Å². The number of hydrogen-bond acceptors (Lipinski definition) is 3. The molecule has 2 aromatic rings. The van der Waals surface area contributed by atoms with E-state index in [0.717, 1.165) is 37.2 Å². The molecule has 0 unspecified atom stereocenters. The molecular weight excluding hydrogens is 320 g/mol. The second-order valence-corrected chi connectivity index (χ2v) is 7.00. The average Bonchev–Trinajstić information content (AvgIpc) is 3.16. The summed E-state index contributed by atoms with van der Waals surface area (Å²) in [5, 5.41) is 3.13. The molecule has 2 amide bonds. The van der Waals surface area contributed by atoms with Crippen molar-refractivity contribution in [2.75, 3.05) is 12.8 Å². The summed E-state index contributed by atoms with van der Waals surface area (Å²) >= 11 is 1.72. The van der Waals surface area contributed by atoms with Gasteiger partial charge >= 0.3 is 6.03 Å². The predicted octanol–water partition coefficient (Wildman–Crippen LogP) is 4.13. The highest BCUT2D eigenvalue weighted by Crippen LogP contribution is 2.29. The lowest BCUT2D eigenvalue weighted by Crippen LogP contribution is -2.45. The Kier molecular flexibility index (Phi) is 5.45. The Hall–Kier alpha value is -1.95. The lowest BCUT2D eigenvalue weighted by atomic mass is 10.0. The van der Waals surface area contributed by atoms with Crippen LogP contribution < -0.4 is 5.32 Å². The average molecular weight is 344 g/mol. The quantitative estimate of drug-likeness (QED) is 0.820. The van der Waals surface area contributed by atoms with Gasteiger partial charge in [0.25, 0.3) is 0 Å². The van der Waals surface area contributed by atoms with Gasteiger partial charge in [-0.1, -0.05) is 12.1 Å². The summed E-state index contributed by atoms with van der Waals surface area (Å²) in [5.74, 6) is 0.877. The predicted molar refractivity (Wildman–Crippen MR) is 97.1 cm³/mol. The van der Waals surface area contributed by atoms with Gasteiger partial charge in [-0.05, 0) is 50.1 Å². The van der Waals surface area contributed by atoms with Gasteiger partial charge in [0.05, 0.1) is 12.1 Å². The number of aromatic nitrogens is 2. The first-order chi connectivity index (χ1) is 11.7. The summed E-state index contributed by atoms with van der Waals surface area (Å²) in [4.78, 5) is 23.4. The van der Waals surface area contributed by atoms with E-state index in [0.29, 0.717) is 0 Å². The fraction of sp³-hybridized carbons (Fsp3) is 0.444. The molecule has 0 saturated carbocycles. The van der Waals surface area contributed by atoms with Crippen molar-refractivity contribution >= 4 is 17.8 Å². The Morgan fingerprint density at radius 2 is 2.17 bits per heavy atom. The molecule has 0 spiro atoms. The summed E-state index contributed by atoms with van der Waals surface area (Å²) in [6, 6.07) is 8.35. The van der Waals surface area contributed by atoms with Crippen LogP contribution in [0, 0.1) is 0 Å². The highest BCUT2D eigenvalue weighted by molar-refractivity contribution is 7.98. The monoisotopic (exact) mass is 344 g/mol. The number of hydrogen-bond donors (Lipinski definition) is 2. The van der Waals surface area contributed by atoms with Gasteiger partial charge in [0, 0.05) is 23.8 Å². The summed E-state index contributed by atoms with van der Waals surface area (Å²) in [6.45, 7) is 2.80. The van der Waals surface area contributed by atoms with E-state index in [-0.39, 0.29) is 18.1 Å². The topological polar surface area (TPSA) is 61.0 Å². The van der Waals surface area contributed by atoms with E-state index in [1.165, 1.54) is 4.90 Å². The molecule has 2 atom stereocenters. The standard InChI is InChI=1S/C18H24N4OS/c1-13(14-6-8-15(24-2)9-7-14)21-18(23)22-12-4-3-5-16(22)17-19-10-11-20-17/h6-11,13,16H,3-5,12H2,1-2H3,(H,19,20)(H,21,23)/t13-,16+/m1/s1. The zero-order valence-electron chi connectivity index (χ0n) is 14.2. The summed E-state index contributed by atoms with van der Waals surface area (Å²) in [5.41, 5.74) is 1.12. The van der Waals surface area contributed by atoms with Crippen molar-refractivity contribution in [3.05, 3.63) is 48.0 Å². The minimum absolute atomic E-state index is 0.0162. The third kappa shape index (κ3) is 3.75. The second-order valence-electron chi connectivity index (χ2n) is 6.12. The molecule has 0 aliphatic carbocycles. The SMILES string of the molecule is CSc1ccc([C@@H](C)NC(=O)N2CCCC[C@H]2c2ncc[nH]2)cc1. The van der Waals surface area contributed by atoms with Crippen LogP contribution in [0.3, 0.4) is 0 Å².